The molecular weight excluding hydrogens is 457 g/mol. The summed E-state index contributed by atoms with van der Waals surface area (Å²) in [5.74, 6) is -3.33. The molecule has 0 bridgehead atoms. The minimum Gasteiger partial charge on any atom is -0.478 e. The summed E-state index contributed by atoms with van der Waals surface area (Å²) in [5.41, 5.74) is 1.80. The Morgan fingerprint density at radius 1 is 0.667 bits per heavy atom. The second-order valence-corrected chi connectivity index (χ2v) is 8.43. The molecule has 3 N–H and O–H groups in total. The molecule has 0 aliphatic heterocycles. The van der Waals surface area contributed by atoms with Crippen LogP contribution in [0.1, 0.15) is 52.6 Å². The molecule has 4 aromatic carbocycles. The number of nitrogens with one attached hydrogen (secondary N) is 1. The zero-order valence-corrected chi connectivity index (χ0v) is 19.5. The van der Waals surface area contributed by atoms with Crippen molar-refractivity contribution in [1.29, 1.82) is 0 Å². The fourth-order valence-corrected chi connectivity index (χ4v) is 4.16. The Morgan fingerprint density at radius 3 is 1.78 bits per heavy atom. The van der Waals surface area contributed by atoms with Gasteiger partial charge < -0.3 is 20.3 Å². The molecule has 4 rings (SSSR count). The van der Waals surface area contributed by atoms with Crippen molar-refractivity contribution in [2.45, 2.75) is 13.8 Å². The first-order valence-corrected chi connectivity index (χ1v) is 11.1. The number of hydrogen-bond acceptors (Lipinski definition) is 4. The highest BCUT2D eigenvalue weighted by Crippen LogP contribution is 2.31. The molecule has 0 aromatic heterocycles. The Morgan fingerprint density at radius 2 is 1.19 bits per heavy atom. The first kappa shape index (κ1) is 24.4. The summed E-state index contributed by atoms with van der Waals surface area (Å²) in [6.07, 6.45) is 0. The van der Waals surface area contributed by atoms with Crippen molar-refractivity contribution in [3.63, 3.8) is 0 Å². The number of carbonyl (C=O) groups excluding carboxylic acids is 2. The smallest absolute Gasteiger partial charge is 0.336 e. The van der Waals surface area contributed by atoms with Crippen molar-refractivity contribution in [3.8, 4) is 0 Å². The monoisotopic (exact) mass is 478 g/mol. The van der Waals surface area contributed by atoms with Gasteiger partial charge in [0.25, 0.3) is 5.91 Å². The van der Waals surface area contributed by atoms with Crippen molar-refractivity contribution in [2.24, 2.45) is 0 Å². The Labute approximate surface area is 207 Å². The zero-order chi connectivity index (χ0) is 26.0. The molecule has 0 fully saturated rings. The maximum Gasteiger partial charge on any atom is 0.336 e. The minimum atomic E-state index is -1.35. The van der Waals surface area contributed by atoms with Gasteiger partial charge in [0.1, 0.15) is 5.68 Å². The van der Waals surface area contributed by atoms with Crippen LogP contribution in [0.25, 0.3) is 10.8 Å². The molecule has 4 aromatic rings. The minimum absolute atomic E-state index is 0.0147. The lowest BCUT2D eigenvalue weighted by atomic mass is 9.63. The van der Waals surface area contributed by atoms with Crippen LogP contribution in [0.15, 0.2) is 72.8 Å². The van der Waals surface area contributed by atoms with E-state index in [-0.39, 0.29) is 33.0 Å². The fraction of sp³-hybridized carbons (Fsp3) is 0.0714. The van der Waals surface area contributed by atoms with Crippen LogP contribution < -0.4 is 10.8 Å². The van der Waals surface area contributed by atoms with Crippen LogP contribution in [0, 0.1) is 13.8 Å². The molecular formula is C28H21BNO6. The Bertz CT molecular complexity index is 1440. The van der Waals surface area contributed by atoms with Gasteiger partial charge in [0.2, 0.25) is 7.28 Å². The number of hydrogen-bond donors (Lipinski definition) is 3. The predicted molar refractivity (Wildman–Crippen MR) is 138 cm³/mol. The van der Waals surface area contributed by atoms with Crippen molar-refractivity contribution >= 4 is 52.7 Å². The molecule has 0 unspecified atom stereocenters. The number of aryl methyl sites for hydroxylation is 2. The van der Waals surface area contributed by atoms with Gasteiger partial charge in [-0.15, -0.1) is 0 Å². The number of fused-ring (bicyclic) bond motifs is 1. The van der Waals surface area contributed by atoms with Gasteiger partial charge >= 0.3 is 11.9 Å². The molecule has 0 saturated heterocycles. The van der Waals surface area contributed by atoms with E-state index >= 15 is 0 Å². The molecule has 177 valence electrons. The lowest BCUT2D eigenvalue weighted by Gasteiger charge is -2.15. The molecule has 0 spiro atoms. The summed E-state index contributed by atoms with van der Waals surface area (Å²) in [6, 6.07) is 19.2. The van der Waals surface area contributed by atoms with Crippen LogP contribution >= 0.6 is 0 Å². The maximum absolute atomic E-state index is 13.3. The third kappa shape index (κ3) is 4.88. The van der Waals surface area contributed by atoms with E-state index in [1.165, 1.54) is 31.5 Å². The summed E-state index contributed by atoms with van der Waals surface area (Å²) in [7, 11) is 1.35. The van der Waals surface area contributed by atoms with Gasteiger partial charge in [0.15, 0.2) is 0 Å². The Kier molecular flexibility index (Phi) is 6.70. The summed E-state index contributed by atoms with van der Waals surface area (Å²) in [4.78, 5) is 50.8. The van der Waals surface area contributed by atoms with E-state index in [9.17, 15) is 29.4 Å². The number of carbonyl (C=O) groups is 4. The number of carboxylic acid groups (broad SMARTS) is 2. The molecule has 36 heavy (non-hydrogen) atoms. The maximum atomic E-state index is 13.3. The topological polar surface area (TPSA) is 121 Å². The van der Waals surface area contributed by atoms with E-state index < -0.39 is 23.5 Å². The molecule has 0 atom stereocenters. The number of carboxylic acids is 2. The van der Waals surface area contributed by atoms with E-state index in [0.29, 0.717) is 11.2 Å². The highest BCUT2D eigenvalue weighted by molar-refractivity contribution is 6.87. The summed E-state index contributed by atoms with van der Waals surface area (Å²) >= 11 is 0. The van der Waals surface area contributed by atoms with Gasteiger partial charge in [-0.1, -0.05) is 53.5 Å². The van der Waals surface area contributed by atoms with Crippen LogP contribution in [0.5, 0.6) is 0 Å². The van der Waals surface area contributed by atoms with Gasteiger partial charge in [-0.05, 0) is 49.7 Å². The van der Waals surface area contributed by atoms with Gasteiger partial charge in [-0.25, -0.2) is 9.59 Å². The van der Waals surface area contributed by atoms with Crippen LogP contribution in [0.3, 0.4) is 0 Å². The highest BCUT2D eigenvalue weighted by Gasteiger charge is 2.26. The summed E-state index contributed by atoms with van der Waals surface area (Å²) < 4.78 is 0. The van der Waals surface area contributed by atoms with E-state index in [4.69, 9.17) is 0 Å². The number of benzene rings is 4. The quantitative estimate of drug-likeness (QED) is 0.341. The summed E-state index contributed by atoms with van der Waals surface area (Å²) in [5, 5.41) is 22.2. The molecule has 1 radical (unpaired) electrons. The molecule has 1 amide bonds. The Hall–Kier alpha value is -4.72. The zero-order valence-electron chi connectivity index (χ0n) is 19.5. The second kappa shape index (κ2) is 9.87. The van der Waals surface area contributed by atoms with Gasteiger partial charge in [0.05, 0.1) is 11.1 Å². The first-order valence-electron chi connectivity index (χ1n) is 11.1. The van der Waals surface area contributed by atoms with Crippen LogP contribution in [-0.4, -0.2) is 41.0 Å². The number of anilines is 1. The van der Waals surface area contributed by atoms with E-state index in [2.05, 4.69) is 5.32 Å². The molecule has 0 aliphatic carbocycles. The molecule has 0 heterocycles. The fourth-order valence-electron chi connectivity index (χ4n) is 4.16. The SMILES string of the molecule is Cc1cccc([B]C(=O)c2ccc(C(=O)O)c3c(C(=O)Nc4cccc(C)c4)ccc(C(=O)O)c23)c1. The normalized spacial score (nSPS) is 10.6. The average molecular weight is 478 g/mol. The van der Waals surface area contributed by atoms with E-state index in [1.54, 1.807) is 36.4 Å². The number of amides is 1. The molecule has 0 saturated carbocycles. The lowest BCUT2D eigenvalue weighted by molar-refractivity contribution is 0.0686. The Balaban J connectivity index is 1.92. The molecule has 0 aliphatic rings. The van der Waals surface area contributed by atoms with Crippen molar-refractivity contribution < 1.29 is 29.4 Å². The highest BCUT2D eigenvalue weighted by atomic mass is 16.4. The van der Waals surface area contributed by atoms with Gasteiger partial charge in [-0.2, -0.15) is 0 Å². The summed E-state index contributed by atoms with van der Waals surface area (Å²) in [6.45, 7) is 3.73. The van der Waals surface area contributed by atoms with Crippen molar-refractivity contribution in [1.82, 2.24) is 0 Å². The number of rotatable bonds is 7. The lowest BCUT2D eigenvalue weighted by Crippen LogP contribution is -2.25. The first-order chi connectivity index (χ1) is 17.2. The van der Waals surface area contributed by atoms with Crippen LogP contribution in [-0.2, 0) is 0 Å². The molecule has 7 nitrogen and oxygen atoms in total. The van der Waals surface area contributed by atoms with E-state index in [0.717, 1.165) is 11.1 Å². The predicted octanol–water partition coefficient (Wildman–Crippen LogP) is 4.28. The standard InChI is InChI=1S/C28H21BNO6/c1-15-5-3-7-17(13-15)29-25(31)19-9-11-22(28(35)36)24-20(10-12-21(23(19)24)27(33)34)26(32)30-18-8-4-6-16(2)14-18/h3-14H,1-2H3,(H,30,32)(H,33,34)(H,35,36). The molecule has 8 heteroatoms. The van der Waals surface area contributed by atoms with Crippen LogP contribution in [0.4, 0.5) is 5.69 Å². The van der Waals surface area contributed by atoms with E-state index in [1.807, 2.05) is 26.0 Å². The largest absolute Gasteiger partial charge is 0.478 e. The third-order valence-electron chi connectivity index (χ3n) is 5.75. The average Bonchev–Trinajstić information content (AvgIpc) is 2.82. The third-order valence-corrected chi connectivity index (χ3v) is 5.75. The van der Waals surface area contributed by atoms with Gasteiger partial charge in [0, 0.05) is 27.6 Å². The van der Waals surface area contributed by atoms with Crippen molar-refractivity contribution in [2.75, 3.05) is 5.32 Å². The van der Waals surface area contributed by atoms with Crippen LogP contribution in [0.2, 0.25) is 0 Å². The second-order valence-electron chi connectivity index (χ2n) is 8.43. The number of aromatic carboxylic acids is 2. The van der Waals surface area contributed by atoms with Crippen molar-refractivity contribution in [3.05, 3.63) is 106 Å². The van der Waals surface area contributed by atoms with Gasteiger partial charge in [-0.3, -0.25) is 4.79 Å².